The second-order valence-electron chi connectivity index (χ2n) is 9.51. The van der Waals surface area contributed by atoms with E-state index in [4.69, 9.17) is 9.47 Å². The van der Waals surface area contributed by atoms with Crippen LogP contribution in [0.4, 0.5) is 4.39 Å². The topological polar surface area (TPSA) is 84.9 Å². The van der Waals surface area contributed by atoms with Gasteiger partial charge in [-0.3, -0.25) is 4.79 Å². The monoisotopic (exact) mass is 466 g/mol. The molecule has 1 saturated heterocycles. The summed E-state index contributed by atoms with van der Waals surface area (Å²) >= 11 is 0. The lowest BCUT2D eigenvalue weighted by Crippen LogP contribution is -2.60. The highest BCUT2D eigenvalue weighted by atomic mass is 32.2. The van der Waals surface area contributed by atoms with Gasteiger partial charge in [0.1, 0.15) is 11.6 Å². The molecule has 1 N–H and O–H groups in total. The minimum absolute atomic E-state index is 0.0303. The number of rotatable bonds is 3. The maximum Gasteiger partial charge on any atom is 0.260 e. The number of benzene rings is 1. The summed E-state index contributed by atoms with van der Waals surface area (Å²) in [5, 5.41) is -0.311. The Hall–Kier alpha value is -1.71. The number of fused-ring (bicyclic) bond motifs is 5. The molecule has 2 bridgehead atoms. The molecule has 176 valence electrons. The fourth-order valence-corrected chi connectivity index (χ4v) is 7.06. The lowest BCUT2D eigenvalue weighted by molar-refractivity contribution is -0.140. The van der Waals surface area contributed by atoms with Gasteiger partial charge in [0.15, 0.2) is 6.61 Å². The first-order valence-electron chi connectivity index (χ1n) is 11.8. The number of nitrogens with zero attached hydrogens (tertiary/aromatic N) is 1. The summed E-state index contributed by atoms with van der Waals surface area (Å²) in [6.07, 6.45) is 5.99. The predicted molar refractivity (Wildman–Crippen MR) is 116 cm³/mol. The molecule has 9 heteroatoms. The quantitative estimate of drug-likeness (QED) is 0.741. The van der Waals surface area contributed by atoms with Crippen molar-refractivity contribution in [2.24, 2.45) is 0 Å². The second-order valence-corrected chi connectivity index (χ2v) is 11.5. The number of amides is 1. The van der Waals surface area contributed by atoms with Crippen molar-refractivity contribution >= 4 is 15.9 Å². The first kappa shape index (κ1) is 22.1. The van der Waals surface area contributed by atoms with Crippen molar-refractivity contribution in [2.75, 3.05) is 19.8 Å². The average Bonchev–Trinajstić information content (AvgIpc) is 3.62. The van der Waals surface area contributed by atoms with Crippen molar-refractivity contribution in [1.29, 1.82) is 0 Å². The maximum atomic E-state index is 14.7. The van der Waals surface area contributed by atoms with Crippen molar-refractivity contribution in [3.8, 4) is 5.75 Å². The Balaban J connectivity index is 1.41. The molecule has 3 fully saturated rings. The zero-order valence-electron chi connectivity index (χ0n) is 18.2. The fraction of sp³-hybridized carbons (Fsp3) is 0.696. The van der Waals surface area contributed by atoms with Gasteiger partial charge in [0, 0.05) is 18.2 Å². The van der Waals surface area contributed by atoms with Crippen LogP contribution in [0.1, 0.15) is 62.8 Å². The van der Waals surface area contributed by atoms with Crippen LogP contribution in [0, 0.1) is 5.82 Å². The van der Waals surface area contributed by atoms with E-state index in [0.29, 0.717) is 50.1 Å². The Kier molecular flexibility index (Phi) is 6.15. The lowest BCUT2D eigenvalue weighted by Gasteiger charge is -2.42. The van der Waals surface area contributed by atoms with Crippen LogP contribution in [0.15, 0.2) is 18.2 Å². The van der Waals surface area contributed by atoms with Gasteiger partial charge in [-0.25, -0.2) is 17.5 Å². The van der Waals surface area contributed by atoms with Crippen LogP contribution in [0.3, 0.4) is 0 Å². The molecule has 1 aromatic rings. The fourth-order valence-electron chi connectivity index (χ4n) is 5.41. The molecule has 0 aromatic heterocycles. The number of ether oxygens (including phenoxy) is 2. The van der Waals surface area contributed by atoms with Gasteiger partial charge in [0.2, 0.25) is 10.0 Å². The SMILES string of the molecule is O=C1COc2cccc(F)c2C2CCC(CC2)OC[C@H]2C(NS(=O)(=O)C3CC3)CCCN12. The number of piperidine rings is 1. The summed E-state index contributed by atoms with van der Waals surface area (Å²) in [5.74, 6) is -0.0422. The summed E-state index contributed by atoms with van der Waals surface area (Å²) in [4.78, 5) is 14.9. The van der Waals surface area contributed by atoms with E-state index in [1.165, 1.54) is 6.07 Å². The van der Waals surface area contributed by atoms with Crippen LogP contribution in [0.5, 0.6) is 5.75 Å². The molecule has 6 rings (SSSR count). The first-order chi connectivity index (χ1) is 15.4. The van der Waals surface area contributed by atoms with Crippen LogP contribution in [-0.2, 0) is 19.6 Å². The van der Waals surface area contributed by atoms with E-state index < -0.39 is 10.0 Å². The minimum Gasteiger partial charge on any atom is -0.483 e. The van der Waals surface area contributed by atoms with Crippen molar-refractivity contribution < 1.29 is 27.1 Å². The molecule has 5 aliphatic rings. The number of carbonyl (C=O) groups is 1. The molecule has 0 radical (unpaired) electrons. The second kappa shape index (κ2) is 8.91. The van der Waals surface area contributed by atoms with Crippen LogP contribution < -0.4 is 9.46 Å². The van der Waals surface area contributed by atoms with Crippen molar-refractivity contribution in [3.63, 3.8) is 0 Å². The first-order valence-corrected chi connectivity index (χ1v) is 13.3. The summed E-state index contributed by atoms with van der Waals surface area (Å²) in [6, 6.07) is 4.04. The third kappa shape index (κ3) is 4.52. The van der Waals surface area contributed by atoms with Crippen molar-refractivity contribution in [2.45, 2.75) is 80.7 Å². The Morgan fingerprint density at radius 3 is 2.59 bits per heavy atom. The third-order valence-electron chi connectivity index (χ3n) is 7.33. The van der Waals surface area contributed by atoms with E-state index in [9.17, 15) is 17.6 Å². The van der Waals surface area contributed by atoms with Crippen molar-refractivity contribution in [1.82, 2.24) is 9.62 Å². The van der Waals surface area contributed by atoms with Crippen LogP contribution >= 0.6 is 0 Å². The molecule has 1 aromatic carbocycles. The number of carbonyl (C=O) groups excluding carboxylic acids is 1. The highest BCUT2D eigenvalue weighted by Crippen LogP contribution is 2.40. The van der Waals surface area contributed by atoms with Crippen LogP contribution in [0.2, 0.25) is 0 Å². The molecule has 3 heterocycles. The molecule has 2 saturated carbocycles. The van der Waals surface area contributed by atoms with Gasteiger partial charge in [0.05, 0.1) is 24.0 Å². The van der Waals surface area contributed by atoms with Gasteiger partial charge in [-0.15, -0.1) is 0 Å². The van der Waals surface area contributed by atoms with Gasteiger partial charge < -0.3 is 14.4 Å². The molecule has 3 aliphatic heterocycles. The van der Waals surface area contributed by atoms with Crippen LogP contribution in [-0.4, -0.2) is 62.4 Å². The summed E-state index contributed by atoms with van der Waals surface area (Å²) in [5.41, 5.74) is 0.559. The van der Waals surface area contributed by atoms with Crippen molar-refractivity contribution in [3.05, 3.63) is 29.6 Å². The van der Waals surface area contributed by atoms with Gasteiger partial charge in [-0.05, 0) is 69.4 Å². The molecule has 0 spiro atoms. The number of hydrogen-bond donors (Lipinski definition) is 1. The Bertz CT molecular complexity index is 959. The molecule has 2 aliphatic carbocycles. The van der Waals surface area contributed by atoms with Gasteiger partial charge in [-0.2, -0.15) is 0 Å². The highest BCUT2D eigenvalue weighted by molar-refractivity contribution is 7.90. The standard InChI is InChI=1S/C23H31FN2O5S/c24-18-3-1-5-21-23(18)15-6-8-16(9-7-15)30-13-20-19(25-32(28,29)17-10-11-17)4-2-12-26(20)22(27)14-31-21/h1,3,5,15-17,19-20,25H,2,4,6-14H2/t15?,16?,19?,20-/m0/s1. The van der Waals surface area contributed by atoms with E-state index in [1.54, 1.807) is 17.0 Å². The molecule has 7 nitrogen and oxygen atoms in total. The normalized spacial score (nSPS) is 31.5. The maximum absolute atomic E-state index is 14.7. The van der Waals surface area contributed by atoms with E-state index in [-0.39, 0.29) is 47.7 Å². The predicted octanol–water partition coefficient (Wildman–Crippen LogP) is 2.70. The largest absolute Gasteiger partial charge is 0.483 e. The molecular formula is C23H31FN2O5S. The smallest absolute Gasteiger partial charge is 0.260 e. The lowest BCUT2D eigenvalue weighted by atomic mass is 9.82. The molecule has 2 atom stereocenters. The van der Waals surface area contributed by atoms with Gasteiger partial charge in [-0.1, -0.05) is 6.07 Å². The zero-order chi connectivity index (χ0) is 22.3. The van der Waals surface area contributed by atoms with Gasteiger partial charge in [0.25, 0.3) is 5.91 Å². The molecule has 1 amide bonds. The summed E-state index contributed by atoms with van der Waals surface area (Å²) in [7, 11) is -3.38. The number of sulfonamides is 1. The Morgan fingerprint density at radius 1 is 1.06 bits per heavy atom. The Morgan fingerprint density at radius 2 is 1.84 bits per heavy atom. The molecule has 1 unspecified atom stereocenters. The number of hydrogen-bond acceptors (Lipinski definition) is 5. The number of nitrogens with one attached hydrogen (secondary N) is 1. The van der Waals surface area contributed by atoms with E-state index in [1.807, 2.05) is 0 Å². The summed E-state index contributed by atoms with van der Waals surface area (Å²) < 4.78 is 54.9. The summed E-state index contributed by atoms with van der Waals surface area (Å²) in [6.45, 7) is 0.618. The average molecular weight is 467 g/mol. The molecular weight excluding hydrogens is 435 g/mol. The van der Waals surface area contributed by atoms with E-state index >= 15 is 0 Å². The highest BCUT2D eigenvalue weighted by Gasteiger charge is 2.42. The number of halogens is 1. The molecule has 32 heavy (non-hydrogen) atoms. The Labute approximate surface area is 188 Å². The van der Waals surface area contributed by atoms with Gasteiger partial charge >= 0.3 is 0 Å². The zero-order valence-corrected chi connectivity index (χ0v) is 19.0. The minimum atomic E-state index is -3.38. The van der Waals surface area contributed by atoms with E-state index in [2.05, 4.69) is 4.72 Å². The van der Waals surface area contributed by atoms with Crippen LogP contribution in [0.25, 0.3) is 0 Å². The van der Waals surface area contributed by atoms with E-state index in [0.717, 1.165) is 25.7 Å². The third-order valence-corrected chi connectivity index (χ3v) is 9.31.